The zero-order valence-corrected chi connectivity index (χ0v) is 17.4. The Hall–Kier alpha value is -3.27. The number of nitrogens with one attached hydrogen (secondary N) is 1. The minimum absolute atomic E-state index is 0.126. The van der Waals surface area contributed by atoms with Crippen molar-refractivity contribution >= 4 is 23.6 Å². The first-order chi connectivity index (χ1) is 14.6. The van der Waals surface area contributed by atoms with Gasteiger partial charge >= 0.3 is 0 Å². The normalized spacial score (nSPS) is 10.7. The third-order valence-corrected chi connectivity index (χ3v) is 5.25. The molecule has 0 saturated heterocycles. The van der Waals surface area contributed by atoms with Crippen molar-refractivity contribution in [3.05, 3.63) is 48.2 Å². The van der Waals surface area contributed by atoms with E-state index in [0.717, 1.165) is 11.3 Å². The summed E-state index contributed by atoms with van der Waals surface area (Å²) in [5.74, 6) is 1.42. The van der Waals surface area contributed by atoms with Gasteiger partial charge in [-0.25, -0.2) is 0 Å². The van der Waals surface area contributed by atoms with E-state index in [-0.39, 0.29) is 18.1 Å². The SMILES string of the molecule is COc1ccccc1CCNC(=O)CSc1nnc(-c2ccco2)n1CCC(N)=O. The summed E-state index contributed by atoms with van der Waals surface area (Å²) in [5, 5.41) is 11.7. The maximum absolute atomic E-state index is 12.3. The predicted molar refractivity (Wildman–Crippen MR) is 112 cm³/mol. The standard InChI is InChI=1S/C20H23N5O4S/c1-28-15-6-3-2-5-14(15)8-10-22-18(27)13-30-20-24-23-19(16-7-4-12-29-16)25(20)11-9-17(21)26/h2-7,12H,8-11,13H2,1H3,(H2,21,26)(H,22,27). The van der Waals surface area contributed by atoms with Gasteiger partial charge in [-0.3, -0.25) is 14.2 Å². The Morgan fingerprint density at radius 1 is 1.23 bits per heavy atom. The first-order valence-corrected chi connectivity index (χ1v) is 10.3. The van der Waals surface area contributed by atoms with E-state index in [2.05, 4.69) is 15.5 Å². The fourth-order valence-corrected chi connectivity index (χ4v) is 3.63. The molecule has 3 aromatic rings. The highest BCUT2D eigenvalue weighted by molar-refractivity contribution is 7.99. The molecular weight excluding hydrogens is 406 g/mol. The zero-order valence-electron chi connectivity index (χ0n) is 16.5. The van der Waals surface area contributed by atoms with Crippen molar-refractivity contribution in [3.8, 4) is 17.3 Å². The second kappa shape index (κ2) is 10.5. The number of nitrogens with zero attached hydrogens (tertiary/aromatic N) is 3. The predicted octanol–water partition coefficient (Wildman–Crippen LogP) is 1.87. The fraction of sp³-hybridized carbons (Fsp3) is 0.300. The lowest BCUT2D eigenvalue weighted by Crippen LogP contribution is -2.27. The molecule has 0 saturated carbocycles. The molecule has 1 aromatic carbocycles. The van der Waals surface area contributed by atoms with E-state index in [0.29, 0.717) is 36.3 Å². The number of primary amides is 1. The van der Waals surface area contributed by atoms with Crippen LogP contribution >= 0.6 is 11.8 Å². The molecule has 0 aliphatic carbocycles. The Balaban J connectivity index is 1.56. The topological polar surface area (TPSA) is 125 Å². The molecule has 158 valence electrons. The van der Waals surface area contributed by atoms with Crippen LogP contribution in [0.3, 0.4) is 0 Å². The zero-order chi connectivity index (χ0) is 21.3. The molecule has 0 fully saturated rings. The number of thioether (sulfide) groups is 1. The summed E-state index contributed by atoms with van der Waals surface area (Å²) in [6.45, 7) is 0.794. The van der Waals surface area contributed by atoms with Gasteiger partial charge in [0.15, 0.2) is 16.7 Å². The number of hydrogen-bond acceptors (Lipinski definition) is 7. The first-order valence-electron chi connectivity index (χ1n) is 9.35. The monoisotopic (exact) mass is 429 g/mol. The van der Waals surface area contributed by atoms with Gasteiger partial charge in [0.2, 0.25) is 11.8 Å². The molecule has 0 spiro atoms. The molecule has 10 heteroatoms. The second-order valence-electron chi connectivity index (χ2n) is 6.35. The Morgan fingerprint density at radius 2 is 2.07 bits per heavy atom. The maximum atomic E-state index is 12.3. The van der Waals surface area contributed by atoms with Crippen LogP contribution < -0.4 is 15.8 Å². The number of benzene rings is 1. The van der Waals surface area contributed by atoms with E-state index in [1.807, 2.05) is 24.3 Å². The molecule has 0 unspecified atom stereocenters. The van der Waals surface area contributed by atoms with Crippen molar-refractivity contribution in [3.63, 3.8) is 0 Å². The van der Waals surface area contributed by atoms with Crippen LogP contribution in [0, 0.1) is 0 Å². The lowest BCUT2D eigenvalue weighted by molar-refractivity contribution is -0.119. The number of rotatable bonds is 11. The average Bonchev–Trinajstić information content (AvgIpc) is 3.40. The lowest BCUT2D eigenvalue weighted by atomic mass is 10.1. The minimum Gasteiger partial charge on any atom is -0.496 e. The lowest BCUT2D eigenvalue weighted by Gasteiger charge is -2.10. The van der Waals surface area contributed by atoms with Crippen molar-refractivity contribution in [2.45, 2.75) is 24.5 Å². The Morgan fingerprint density at radius 3 is 2.80 bits per heavy atom. The average molecular weight is 430 g/mol. The second-order valence-corrected chi connectivity index (χ2v) is 7.29. The molecule has 0 aliphatic heterocycles. The van der Waals surface area contributed by atoms with Crippen LogP contribution in [0.1, 0.15) is 12.0 Å². The van der Waals surface area contributed by atoms with Crippen molar-refractivity contribution in [2.24, 2.45) is 5.73 Å². The largest absolute Gasteiger partial charge is 0.496 e. The number of ether oxygens (including phenoxy) is 1. The number of carbonyl (C=O) groups is 2. The molecule has 3 rings (SSSR count). The molecule has 2 aromatic heterocycles. The summed E-state index contributed by atoms with van der Waals surface area (Å²) in [6.07, 6.45) is 2.33. The molecule has 2 heterocycles. The maximum Gasteiger partial charge on any atom is 0.230 e. The highest BCUT2D eigenvalue weighted by Crippen LogP contribution is 2.24. The molecule has 0 radical (unpaired) electrons. The van der Waals surface area contributed by atoms with E-state index in [4.69, 9.17) is 14.9 Å². The Kier molecular flexibility index (Phi) is 7.50. The summed E-state index contributed by atoms with van der Waals surface area (Å²) in [6, 6.07) is 11.2. The highest BCUT2D eigenvalue weighted by atomic mass is 32.2. The third-order valence-electron chi connectivity index (χ3n) is 4.28. The quantitative estimate of drug-likeness (QED) is 0.446. The van der Waals surface area contributed by atoms with Crippen molar-refractivity contribution in [2.75, 3.05) is 19.4 Å². The van der Waals surface area contributed by atoms with E-state index in [1.54, 1.807) is 23.8 Å². The molecule has 9 nitrogen and oxygen atoms in total. The highest BCUT2D eigenvalue weighted by Gasteiger charge is 2.18. The van der Waals surface area contributed by atoms with Crippen LogP contribution in [0.15, 0.2) is 52.2 Å². The summed E-state index contributed by atoms with van der Waals surface area (Å²) in [4.78, 5) is 23.5. The van der Waals surface area contributed by atoms with Crippen LogP contribution in [-0.4, -0.2) is 46.0 Å². The number of nitrogens with two attached hydrogens (primary N) is 1. The number of amides is 2. The van der Waals surface area contributed by atoms with Gasteiger partial charge < -0.3 is 20.2 Å². The van der Waals surface area contributed by atoms with Crippen LogP contribution in [0.4, 0.5) is 0 Å². The molecule has 0 aliphatic rings. The van der Waals surface area contributed by atoms with Gasteiger partial charge in [0.05, 0.1) is 19.1 Å². The van der Waals surface area contributed by atoms with Crippen molar-refractivity contribution < 1.29 is 18.7 Å². The number of furan rings is 1. The van der Waals surface area contributed by atoms with Crippen molar-refractivity contribution in [1.29, 1.82) is 0 Å². The van der Waals surface area contributed by atoms with Gasteiger partial charge in [0, 0.05) is 19.5 Å². The summed E-state index contributed by atoms with van der Waals surface area (Å²) < 4.78 is 12.4. The molecule has 2 amide bonds. The molecule has 3 N–H and O–H groups in total. The number of para-hydroxylation sites is 1. The van der Waals surface area contributed by atoms with Gasteiger partial charge in [-0.1, -0.05) is 30.0 Å². The van der Waals surface area contributed by atoms with Gasteiger partial charge in [0.25, 0.3) is 0 Å². The van der Waals surface area contributed by atoms with Gasteiger partial charge in [0.1, 0.15) is 5.75 Å². The number of hydrogen-bond donors (Lipinski definition) is 2. The Labute approximate surface area is 178 Å². The van der Waals surface area contributed by atoms with Crippen LogP contribution in [-0.2, 0) is 22.6 Å². The third kappa shape index (κ3) is 5.63. The summed E-state index contributed by atoms with van der Waals surface area (Å²) in [7, 11) is 1.62. The minimum atomic E-state index is -0.431. The number of carbonyl (C=O) groups excluding carboxylic acids is 2. The van der Waals surface area contributed by atoms with Gasteiger partial charge in [-0.05, 0) is 30.2 Å². The first kappa shape index (κ1) is 21.4. The van der Waals surface area contributed by atoms with Crippen LogP contribution in [0.2, 0.25) is 0 Å². The van der Waals surface area contributed by atoms with E-state index in [9.17, 15) is 9.59 Å². The van der Waals surface area contributed by atoms with E-state index < -0.39 is 5.91 Å². The summed E-state index contributed by atoms with van der Waals surface area (Å²) >= 11 is 1.24. The molecule has 30 heavy (non-hydrogen) atoms. The van der Waals surface area contributed by atoms with Gasteiger partial charge in [-0.15, -0.1) is 10.2 Å². The number of aromatic nitrogens is 3. The number of methoxy groups -OCH3 is 1. The summed E-state index contributed by atoms with van der Waals surface area (Å²) in [5.41, 5.74) is 6.31. The van der Waals surface area contributed by atoms with E-state index in [1.165, 1.54) is 18.0 Å². The van der Waals surface area contributed by atoms with Crippen LogP contribution in [0.25, 0.3) is 11.6 Å². The van der Waals surface area contributed by atoms with Crippen LogP contribution in [0.5, 0.6) is 5.75 Å². The molecular formula is C20H23N5O4S. The van der Waals surface area contributed by atoms with E-state index >= 15 is 0 Å². The smallest absolute Gasteiger partial charge is 0.230 e. The fourth-order valence-electron chi connectivity index (χ4n) is 2.83. The van der Waals surface area contributed by atoms with Gasteiger partial charge in [-0.2, -0.15) is 0 Å². The Bertz CT molecular complexity index is 987. The van der Waals surface area contributed by atoms with Crippen molar-refractivity contribution in [1.82, 2.24) is 20.1 Å². The molecule has 0 atom stereocenters. The molecule has 0 bridgehead atoms.